The highest BCUT2D eigenvalue weighted by Gasteiger charge is 2.18. The maximum Gasteiger partial charge on any atom is 0.231 e. The van der Waals surface area contributed by atoms with Crippen LogP contribution in [0.25, 0.3) is 0 Å². The zero-order chi connectivity index (χ0) is 13.1. The summed E-state index contributed by atoms with van der Waals surface area (Å²) in [5, 5.41) is 3.24. The quantitative estimate of drug-likeness (QED) is 0.818. The molecular weight excluding hydrogens is 244 g/mol. The summed E-state index contributed by atoms with van der Waals surface area (Å²) < 4.78 is 5.35. The van der Waals surface area contributed by atoms with Gasteiger partial charge in [0.25, 0.3) is 0 Å². The maximum atomic E-state index is 5.76. The van der Waals surface area contributed by atoms with Crippen molar-refractivity contribution in [3.05, 3.63) is 0 Å². The molecule has 2 aliphatic rings. The number of hydrogen-bond donors (Lipinski definition) is 2. The molecule has 2 fully saturated rings. The smallest absolute Gasteiger partial charge is 0.231 e. The van der Waals surface area contributed by atoms with E-state index >= 15 is 0 Å². The number of nitrogens with two attached hydrogens (primary N) is 1. The number of nitrogens with one attached hydrogen (secondary N) is 1. The monoisotopic (exact) mass is 264 g/mol. The lowest BCUT2D eigenvalue weighted by Crippen LogP contribution is -2.23. The van der Waals surface area contributed by atoms with Gasteiger partial charge in [0.1, 0.15) is 0 Å². The van der Waals surface area contributed by atoms with Gasteiger partial charge in [-0.15, -0.1) is 0 Å². The minimum atomic E-state index is 0.280. The Hall–Kier alpha value is -1.63. The molecule has 0 radical (unpaired) electrons. The molecule has 1 aromatic rings. The molecule has 0 saturated carbocycles. The molecule has 7 nitrogen and oxygen atoms in total. The minimum Gasteiger partial charge on any atom is -0.381 e. The fraction of sp³-hybridized carbons (Fsp3) is 0.750. The molecule has 0 spiro atoms. The molecular formula is C12H20N6O. The molecule has 7 heteroatoms. The first-order valence-corrected chi connectivity index (χ1v) is 6.89. The zero-order valence-corrected chi connectivity index (χ0v) is 11.0. The SMILES string of the molecule is Nc1nc(NCC2CCOC2)nc(N2CCCC2)n1. The second-order valence-electron chi connectivity index (χ2n) is 5.12. The van der Waals surface area contributed by atoms with Crippen LogP contribution in [0.15, 0.2) is 0 Å². The van der Waals surface area contributed by atoms with Gasteiger partial charge in [-0.2, -0.15) is 15.0 Å². The molecule has 3 rings (SSSR count). The van der Waals surface area contributed by atoms with Gasteiger partial charge in [0.2, 0.25) is 17.8 Å². The van der Waals surface area contributed by atoms with Gasteiger partial charge in [-0.1, -0.05) is 0 Å². The fourth-order valence-corrected chi connectivity index (χ4v) is 2.50. The number of anilines is 3. The molecule has 0 bridgehead atoms. The lowest BCUT2D eigenvalue weighted by Gasteiger charge is -2.16. The van der Waals surface area contributed by atoms with Gasteiger partial charge >= 0.3 is 0 Å². The van der Waals surface area contributed by atoms with Crippen molar-refractivity contribution in [2.45, 2.75) is 19.3 Å². The van der Waals surface area contributed by atoms with Crippen LogP contribution in [0.4, 0.5) is 17.8 Å². The van der Waals surface area contributed by atoms with Crippen LogP contribution in [0.2, 0.25) is 0 Å². The third-order valence-corrected chi connectivity index (χ3v) is 3.60. The summed E-state index contributed by atoms with van der Waals surface area (Å²) in [6.45, 7) is 4.48. The molecule has 19 heavy (non-hydrogen) atoms. The molecule has 0 aromatic carbocycles. The Morgan fingerprint density at radius 2 is 2.11 bits per heavy atom. The molecule has 1 aromatic heterocycles. The lowest BCUT2D eigenvalue weighted by molar-refractivity contribution is 0.187. The van der Waals surface area contributed by atoms with E-state index < -0.39 is 0 Å². The van der Waals surface area contributed by atoms with Crippen molar-refractivity contribution in [2.24, 2.45) is 5.92 Å². The second kappa shape index (κ2) is 5.56. The first-order valence-electron chi connectivity index (χ1n) is 6.89. The lowest BCUT2D eigenvalue weighted by atomic mass is 10.1. The molecule has 2 aliphatic heterocycles. The summed E-state index contributed by atoms with van der Waals surface area (Å²) in [4.78, 5) is 15.0. The number of rotatable bonds is 4. The van der Waals surface area contributed by atoms with Crippen molar-refractivity contribution in [2.75, 3.05) is 48.8 Å². The van der Waals surface area contributed by atoms with Crippen molar-refractivity contribution >= 4 is 17.8 Å². The summed E-state index contributed by atoms with van der Waals surface area (Å²) in [7, 11) is 0. The van der Waals surface area contributed by atoms with Gasteiger partial charge in [0.05, 0.1) is 6.61 Å². The normalized spacial score (nSPS) is 22.9. The van der Waals surface area contributed by atoms with Crippen molar-refractivity contribution in [3.8, 4) is 0 Å². The van der Waals surface area contributed by atoms with Crippen LogP contribution in [-0.2, 0) is 4.74 Å². The van der Waals surface area contributed by atoms with Gasteiger partial charge in [-0.3, -0.25) is 0 Å². The standard InChI is InChI=1S/C12H20N6O/c13-10-15-11(14-7-9-3-6-19-8-9)17-12(16-10)18-4-1-2-5-18/h9H,1-8H2,(H3,13,14,15,16,17). The van der Waals surface area contributed by atoms with E-state index in [0.717, 1.165) is 39.3 Å². The van der Waals surface area contributed by atoms with Gasteiger partial charge in [-0.05, 0) is 19.3 Å². The molecule has 1 atom stereocenters. The van der Waals surface area contributed by atoms with E-state index in [0.29, 0.717) is 17.8 Å². The Morgan fingerprint density at radius 3 is 2.84 bits per heavy atom. The van der Waals surface area contributed by atoms with E-state index in [2.05, 4.69) is 25.2 Å². The average molecular weight is 264 g/mol. The molecule has 2 saturated heterocycles. The van der Waals surface area contributed by atoms with Crippen LogP contribution in [0.3, 0.4) is 0 Å². The Labute approximate surface area is 112 Å². The average Bonchev–Trinajstić information content (AvgIpc) is 3.09. The molecule has 104 valence electrons. The molecule has 0 amide bonds. The van der Waals surface area contributed by atoms with Crippen molar-refractivity contribution in [1.82, 2.24) is 15.0 Å². The summed E-state index contributed by atoms with van der Waals surface area (Å²) in [5.41, 5.74) is 5.76. The van der Waals surface area contributed by atoms with Crippen LogP contribution in [-0.4, -0.2) is 47.8 Å². The minimum absolute atomic E-state index is 0.280. The molecule has 0 aliphatic carbocycles. The third kappa shape index (κ3) is 3.04. The van der Waals surface area contributed by atoms with E-state index in [1.807, 2.05) is 0 Å². The van der Waals surface area contributed by atoms with E-state index in [1.165, 1.54) is 12.8 Å². The van der Waals surface area contributed by atoms with Gasteiger partial charge in [-0.25, -0.2) is 0 Å². The fourth-order valence-electron chi connectivity index (χ4n) is 2.50. The highest BCUT2D eigenvalue weighted by Crippen LogP contribution is 2.18. The summed E-state index contributed by atoms with van der Waals surface area (Å²) >= 11 is 0. The predicted molar refractivity (Wildman–Crippen MR) is 73.1 cm³/mol. The number of aromatic nitrogens is 3. The number of nitrogen functional groups attached to an aromatic ring is 1. The largest absolute Gasteiger partial charge is 0.381 e. The van der Waals surface area contributed by atoms with E-state index in [1.54, 1.807) is 0 Å². The number of ether oxygens (including phenoxy) is 1. The Kier molecular flexibility index (Phi) is 3.63. The van der Waals surface area contributed by atoms with Crippen LogP contribution in [0, 0.1) is 5.92 Å². The van der Waals surface area contributed by atoms with Crippen LogP contribution in [0.1, 0.15) is 19.3 Å². The van der Waals surface area contributed by atoms with Crippen molar-refractivity contribution in [1.29, 1.82) is 0 Å². The van der Waals surface area contributed by atoms with Crippen LogP contribution < -0.4 is 16.0 Å². The van der Waals surface area contributed by atoms with Gasteiger partial charge < -0.3 is 20.7 Å². The van der Waals surface area contributed by atoms with E-state index in [-0.39, 0.29) is 5.95 Å². The van der Waals surface area contributed by atoms with E-state index in [4.69, 9.17) is 10.5 Å². The second-order valence-corrected chi connectivity index (χ2v) is 5.12. The van der Waals surface area contributed by atoms with Crippen LogP contribution >= 0.6 is 0 Å². The predicted octanol–water partition coefficient (Wildman–Crippen LogP) is 0.502. The third-order valence-electron chi connectivity index (χ3n) is 3.60. The zero-order valence-electron chi connectivity index (χ0n) is 11.0. The summed E-state index contributed by atoms with van der Waals surface area (Å²) in [5.74, 6) is 2.08. The van der Waals surface area contributed by atoms with Crippen molar-refractivity contribution < 1.29 is 4.74 Å². The molecule has 3 N–H and O–H groups in total. The Bertz CT molecular complexity index is 428. The van der Waals surface area contributed by atoms with Crippen molar-refractivity contribution in [3.63, 3.8) is 0 Å². The first-order chi connectivity index (χ1) is 9.31. The highest BCUT2D eigenvalue weighted by molar-refractivity contribution is 5.42. The van der Waals surface area contributed by atoms with E-state index in [9.17, 15) is 0 Å². The summed E-state index contributed by atoms with van der Waals surface area (Å²) in [6, 6.07) is 0. The summed E-state index contributed by atoms with van der Waals surface area (Å²) in [6.07, 6.45) is 3.47. The van der Waals surface area contributed by atoms with Gasteiger partial charge in [0.15, 0.2) is 0 Å². The Morgan fingerprint density at radius 1 is 1.26 bits per heavy atom. The van der Waals surface area contributed by atoms with Crippen LogP contribution in [0.5, 0.6) is 0 Å². The number of hydrogen-bond acceptors (Lipinski definition) is 7. The number of nitrogens with zero attached hydrogens (tertiary/aromatic N) is 4. The topological polar surface area (TPSA) is 89.2 Å². The Balaban J connectivity index is 1.66. The highest BCUT2D eigenvalue weighted by atomic mass is 16.5. The first kappa shape index (κ1) is 12.4. The van der Waals surface area contributed by atoms with Gasteiger partial charge in [0, 0.05) is 32.2 Å². The maximum absolute atomic E-state index is 5.76. The molecule has 3 heterocycles. The molecule has 1 unspecified atom stereocenters.